The van der Waals surface area contributed by atoms with Crippen LogP contribution in [0, 0.1) is 34.5 Å². The lowest BCUT2D eigenvalue weighted by Crippen LogP contribution is -2.57. The summed E-state index contributed by atoms with van der Waals surface area (Å²) in [5, 5.41) is 13.0. The Labute approximate surface area is 194 Å². The summed E-state index contributed by atoms with van der Waals surface area (Å²) in [7, 11) is 0. The molecule has 2 aromatic rings. The number of hydrogen-bond acceptors (Lipinski definition) is 3. The second-order valence-corrected chi connectivity index (χ2v) is 12.0. The fourth-order valence-electron chi connectivity index (χ4n) is 9.41. The van der Waals surface area contributed by atoms with Crippen LogP contribution in [0.1, 0.15) is 86.3 Å². The maximum Gasteiger partial charge on any atom is 0.307 e. The molecule has 2 aromatic heterocycles. The first-order valence-electron chi connectivity index (χ1n) is 13.0. The Morgan fingerprint density at radius 2 is 1.94 bits per heavy atom. The van der Waals surface area contributed by atoms with Crippen molar-refractivity contribution in [2.24, 2.45) is 34.5 Å². The van der Waals surface area contributed by atoms with E-state index in [1.807, 2.05) is 28.8 Å². The predicted molar refractivity (Wildman–Crippen MR) is 123 cm³/mol. The molecule has 0 radical (unpaired) electrons. The number of nitrogens with one attached hydrogen (secondary N) is 1. The first kappa shape index (κ1) is 20.0. The second-order valence-electron chi connectivity index (χ2n) is 12.0. The Morgan fingerprint density at radius 1 is 1.09 bits per heavy atom. The van der Waals surface area contributed by atoms with E-state index in [0.717, 1.165) is 54.9 Å². The van der Waals surface area contributed by atoms with Crippen LogP contribution in [-0.2, 0) is 4.79 Å². The number of fused-ring (bicyclic) bond motifs is 3. The number of imidazole rings is 1. The quantitative estimate of drug-likeness (QED) is 0.699. The molecule has 5 aliphatic rings. The number of aliphatic carboxylic acids is 1. The Balaban J connectivity index is 1.14. The maximum absolute atomic E-state index is 13.4. The van der Waals surface area contributed by atoms with Gasteiger partial charge in [0.25, 0.3) is 5.91 Å². The van der Waals surface area contributed by atoms with Gasteiger partial charge in [-0.2, -0.15) is 0 Å². The van der Waals surface area contributed by atoms with Crippen molar-refractivity contribution >= 4 is 17.5 Å². The second kappa shape index (κ2) is 6.83. The summed E-state index contributed by atoms with van der Waals surface area (Å²) in [6, 6.07) is 5.66. The minimum atomic E-state index is -0.733. The van der Waals surface area contributed by atoms with Crippen molar-refractivity contribution in [3.8, 4) is 0 Å². The molecule has 5 saturated carbocycles. The van der Waals surface area contributed by atoms with Crippen molar-refractivity contribution in [3.63, 3.8) is 0 Å². The SMILES string of the molecule is O=C(NCC12CC3CC4CC(C1)C2(C4)C3)c1cccc2nc(C3CCCCC3C(=O)O)cn12. The number of carboxylic acids is 1. The van der Waals surface area contributed by atoms with Crippen LogP contribution in [0.2, 0.25) is 0 Å². The summed E-state index contributed by atoms with van der Waals surface area (Å²) in [6.07, 6.45) is 13.7. The highest BCUT2D eigenvalue weighted by Gasteiger charge is 2.73. The van der Waals surface area contributed by atoms with Crippen molar-refractivity contribution in [1.29, 1.82) is 0 Å². The number of amides is 1. The average Bonchev–Trinajstić information content (AvgIpc) is 3.38. The van der Waals surface area contributed by atoms with Gasteiger partial charge >= 0.3 is 5.97 Å². The van der Waals surface area contributed by atoms with Crippen LogP contribution in [0.4, 0.5) is 0 Å². The molecule has 174 valence electrons. The van der Waals surface area contributed by atoms with Crippen molar-refractivity contribution in [1.82, 2.24) is 14.7 Å². The van der Waals surface area contributed by atoms with Crippen LogP contribution in [0.5, 0.6) is 0 Å². The van der Waals surface area contributed by atoms with Gasteiger partial charge in [-0.15, -0.1) is 0 Å². The zero-order valence-electron chi connectivity index (χ0n) is 19.1. The Kier molecular flexibility index (Phi) is 4.15. The van der Waals surface area contributed by atoms with Gasteiger partial charge in [-0.3, -0.25) is 14.0 Å². The molecule has 3 bridgehead atoms. The average molecular weight is 448 g/mol. The lowest BCUT2D eigenvalue weighted by molar-refractivity contribution is -0.143. The molecule has 2 N–H and O–H groups in total. The molecule has 7 unspecified atom stereocenters. The summed E-state index contributed by atoms with van der Waals surface area (Å²) in [5.74, 6) is 1.50. The topological polar surface area (TPSA) is 83.7 Å². The molecule has 5 aliphatic carbocycles. The largest absolute Gasteiger partial charge is 0.481 e. The number of aromatic nitrogens is 2. The fourth-order valence-corrected chi connectivity index (χ4v) is 9.41. The minimum absolute atomic E-state index is 0.0341. The molecule has 6 heteroatoms. The van der Waals surface area contributed by atoms with Gasteiger partial charge in [0.1, 0.15) is 11.3 Å². The molecule has 0 saturated heterocycles. The molecule has 1 amide bonds. The third-order valence-electron chi connectivity index (χ3n) is 10.5. The van der Waals surface area contributed by atoms with E-state index in [-0.39, 0.29) is 17.7 Å². The highest BCUT2D eigenvalue weighted by molar-refractivity contribution is 5.93. The van der Waals surface area contributed by atoms with Crippen LogP contribution >= 0.6 is 0 Å². The third kappa shape index (κ3) is 2.69. The number of rotatable bonds is 5. The van der Waals surface area contributed by atoms with E-state index in [2.05, 4.69) is 5.32 Å². The van der Waals surface area contributed by atoms with Gasteiger partial charge in [-0.1, -0.05) is 18.9 Å². The first-order chi connectivity index (χ1) is 16.0. The summed E-state index contributed by atoms with van der Waals surface area (Å²) in [5.41, 5.74) is 2.98. The van der Waals surface area contributed by atoms with Crippen LogP contribution in [0.15, 0.2) is 24.4 Å². The lowest BCUT2D eigenvalue weighted by atomic mass is 9.46. The molecule has 6 nitrogen and oxygen atoms in total. The monoisotopic (exact) mass is 447 g/mol. The van der Waals surface area contributed by atoms with Crippen LogP contribution in [0.3, 0.4) is 0 Å². The summed E-state index contributed by atoms with van der Waals surface area (Å²) in [4.78, 5) is 29.9. The normalized spacial score (nSPS) is 40.5. The van der Waals surface area contributed by atoms with E-state index in [9.17, 15) is 14.7 Å². The zero-order valence-corrected chi connectivity index (χ0v) is 19.1. The predicted octanol–water partition coefficient (Wildman–Crippen LogP) is 4.64. The Morgan fingerprint density at radius 3 is 2.82 bits per heavy atom. The smallest absolute Gasteiger partial charge is 0.307 e. The van der Waals surface area contributed by atoms with Gasteiger partial charge in [0.2, 0.25) is 0 Å². The molecule has 5 fully saturated rings. The molecule has 0 aromatic carbocycles. The standard InChI is InChI=1S/C27H33N3O3/c31-24(28-15-26-10-17-8-16-9-18(13-26)27(26,11-16)12-17)22-6-3-7-23-29-21(14-30(22)23)19-4-1-2-5-20(19)25(32)33/h3,6-7,14,16-20H,1-2,4-5,8-13,15H2,(H,28,31)(H,32,33). The van der Waals surface area contributed by atoms with E-state index in [1.165, 1.54) is 38.5 Å². The van der Waals surface area contributed by atoms with Crippen molar-refractivity contribution < 1.29 is 14.7 Å². The van der Waals surface area contributed by atoms with E-state index in [0.29, 0.717) is 22.9 Å². The number of nitrogens with zero attached hydrogens (tertiary/aromatic N) is 2. The summed E-state index contributed by atoms with van der Waals surface area (Å²) >= 11 is 0. The fraction of sp³-hybridized carbons (Fsp3) is 0.667. The zero-order chi connectivity index (χ0) is 22.4. The van der Waals surface area contributed by atoms with E-state index < -0.39 is 5.97 Å². The summed E-state index contributed by atoms with van der Waals surface area (Å²) < 4.78 is 1.87. The van der Waals surface area contributed by atoms with E-state index in [1.54, 1.807) is 0 Å². The van der Waals surface area contributed by atoms with Crippen LogP contribution in [-0.4, -0.2) is 32.9 Å². The lowest BCUT2D eigenvalue weighted by Gasteiger charge is -2.59. The number of carboxylic acid groups (broad SMARTS) is 1. The minimum Gasteiger partial charge on any atom is -0.481 e. The molecule has 33 heavy (non-hydrogen) atoms. The van der Waals surface area contributed by atoms with E-state index >= 15 is 0 Å². The highest BCUT2D eigenvalue weighted by atomic mass is 16.4. The number of pyridine rings is 1. The van der Waals surface area contributed by atoms with Gasteiger partial charge in [-0.05, 0) is 92.1 Å². The van der Waals surface area contributed by atoms with Gasteiger partial charge in [0.05, 0.1) is 11.6 Å². The highest BCUT2D eigenvalue weighted by Crippen LogP contribution is 2.81. The van der Waals surface area contributed by atoms with Gasteiger partial charge in [0.15, 0.2) is 0 Å². The number of carbonyl (C=O) groups excluding carboxylic acids is 1. The maximum atomic E-state index is 13.4. The van der Waals surface area contributed by atoms with Crippen LogP contribution < -0.4 is 5.32 Å². The molecule has 7 atom stereocenters. The summed E-state index contributed by atoms with van der Waals surface area (Å²) in [6.45, 7) is 0.799. The van der Waals surface area contributed by atoms with Gasteiger partial charge in [-0.25, -0.2) is 4.98 Å². The number of carbonyl (C=O) groups is 2. The Hall–Kier alpha value is -2.37. The number of hydrogen-bond donors (Lipinski definition) is 2. The van der Waals surface area contributed by atoms with Crippen molar-refractivity contribution in [2.75, 3.05) is 6.54 Å². The molecule has 1 spiro atoms. The van der Waals surface area contributed by atoms with Gasteiger partial charge < -0.3 is 10.4 Å². The molecular formula is C27H33N3O3. The molecule has 2 heterocycles. The van der Waals surface area contributed by atoms with Gasteiger partial charge in [0, 0.05) is 18.7 Å². The van der Waals surface area contributed by atoms with Crippen molar-refractivity contribution in [3.05, 3.63) is 35.8 Å². The Bertz CT molecular complexity index is 1150. The van der Waals surface area contributed by atoms with E-state index in [4.69, 9.17) is 4.98 Å². The molecule has 7 rings (SSSR count). The van der Waals surface area contributed by atoms with Crippen LogP contribution in [0.25, 0.3) is 5.65 Å². The van der Waals surface area contributed by atoms with Crippen molar-refractivity contribution in [2.45, 2.75) is 70.1 Å². The molecule has 0 aliphatic heterocycles. The molecular weight excluding hydrogens is 414 g/mol. The third-order valence-corrected chi connectivity index (χ3v) is 10.5. The first-order valence-corrected chi connectivity index (χ1v) is 13.0.